The van der Waals surface area contributed by atoms with E-state index in [1.807, 2.05) is 0 Å². The summed E-state index contributed by atoms with van der Waals surface area (Å²) in [7, 11) is -1.69. The van der Waals surface area contributed by atoms with E-state index in [9.17, 15) is 26.4 Å². The molecule has 1 heterocycles. The normalized spacial score (nSPS) is 11.0. The Labute approximate surface area is 154 Å². The van der Waals surface area contributed by atoms with Crippen molar-refractivity contribution in [2.75, 3.05) is 7.11 Å². The Morgan fingerprint density at radius 3 is 2.56 bits per heavy atom. The summed E-state index contributed by atoms with van der Waals surface area (Å²) in [6, 6.07) is 6.40. The minimum atomic E-state index is -4.76. The van der Waals surface area contributed by atoms with Crippen molar-refractivity contribution in [3.63, 3.8) is 0 Å². The van der Waals surface area contributed by atoms with E-state index in [2.05, 4.69) is 26.5 Å². The number of aromatic nitrogens is 2. The lowest BCUT2D eigenvalue weighted by atomic mass is 10.0. The molecule has 10 heteroatoms. The van der Waals surface area contributed by atoms with E-state index < -0.39 is 39.9 Å². The highest BCUT2D eigenvalue weighted by Crippen LogP contribution is 2.30. The van der Waals surface area contributed by atoms with Gasteiger partial charge in [0, 0.05) is 11.8 Å². The molecule has 0 saturated heterocycles. The van der Waals surface area contributed by atoms with Crippen molar-refractivity contribution in [1.82, 2.24) is 9.97 Å². The summed E-state index contributed by atoms with van der Waals surface area (Å²) >= 11 is 0. The minimum Gasteiger partial charge on any atom is -0.469 e. The lowest BCUT2D eigenvalue weighted by molar-refractivity contribution is -0.140. The maximum atomic E-state index is 13.1. The predicted octanol–water partition coefficient (Wildman–Crippen LogP) is 1.72. The first-order valence-electron chi connectivity index (χ1n) is 7.42. The van der Waals surface area contributed by atoms with Gasteiger partial charge in [0.15, 0.2) is 0 Å². The molecule has 1 aromatic carbocycles. The fraction of sp³-hybridized carbons (Fsp3) is 0.235. The fourth-order valence-corrected chi connectivity index (χ4v) is 2.45. The molecule has 0 saturated carbocycles. The van der Waals surface area contributed by atoms with Gasteiger partial charge in [0.25, 0.3) is 0 Å². The highest BCUT2D eigenvalue weighted by Gasteiger charge is 2.34. The molecule has 2 rings (SSSR count). The molecule has 0 aliphatic rings. The zero-order chi connectivity index (χ0) is 20.0. The van der Waals surface area contributed by atoms with Gasteiger partial charge < -0.3 is 4.74 Å². The summed E-state index contributed by atoms with van der Waals surface area (Å²) < 4.78 is 65.5. The molecular weight excluding hydrogens is 385 g/mol. The standard InChI is InChI=1S/C17H13F3N2O4S/c1-26-16(23)8-12-5-3-2-4-11(12)6-7-14-13(17(18,19)20)9-21-15(22-14)10-27(24)25/h2-5,9,27H,8,10H2,1H3. The highest BCUT2D eigenvalue weighted by molar-refractivity contribution is 7.71. The molecular formula is C17H13F3N2O4S. The summed E-state index contributed by atoms with van der Waals surface area (Å²) in [6.45, 7) is 0. The molecule has 0 bridgehead atoms. The Balaban J connectivity index is 2.50. The van der Waals surface area contributed by atoms with Crippen LogP contribution in [0, 0.1) is 11.8 Å². The number of rotatable bonds is 4. The number of alkyl halides is 3. The van der Waals surface area contributed by atoms with Crippen LogP contribution in [0.5, 0.6) is 0 Å². The smallest absolute Gasteiger partial charge is 0.420 e. The average molecular weight is 398 g/mol. The Kier molecular flexibility index (Phi) is 6.52. The zero-order valence-corrected chi connectivity index (χ0v) is 14.8. The third-order valence-corrected chi connectivity index (χ3v) is 3.85. The van der Waals surface area contributed by atoms with Crippen LogP contribution in [0.1, 0.15) is 28.2 Å². The quantitative estimate of drug-likeness (QED) is 0.480. The van der Waals surface area contributed by atoms with Gasteiger partial charge in [-0.05, 0) is 17.6 Å². The van der Waals surface area contributed by atoms with Crippen LogP contribution < -0.4 is 0 Å². The molecule has 0 unspecified atom stereocenters. The van der Waals surface area contributed by atoms with Crippen LogP contribution >= 0.6 is 0 Å². The van der Waals surface area contributed by atoms with Crippen molar-refractivity contribution >= 4 is 16.7 Å². The molecule has 6 nitrogen and oxygen atoms in total. The first kappa shape index (κ1) is 20.4. The van der Waals surface area contributed by atoms with E-state index in [4.69, 9.17) is 0 Å². The molecule has 0 spiro atoms. The van der Waals surface area contributed by atoms with E-state index in [0.717, 1.165) is 0 Å². The lowest BCUT2D eigenvalue weighted by Crippen LogP contribution is -2.12. The largest absolute Gasteiger partial charge is 0.469 e. The van der Waals surface area contributed by atoms with Gasteiger partial charge in [-0.25, -0.2) is 18.4 Å². The van der Waals surface area contributed by atoms with Gasteiger partial charge in [0.1, 0.15) is 33.5 Å². The van der Waals surface area contributed by atoms with Crippen LogP contribution in [0.25, 0.3) is 0 Å². The number of hydrogen-bond acceptors (Lipinski definition) is 6. The summed E-state index contributed by atoms with van der Waals surface area (Å²) in [5.41, 5.74) is -1.02. The van der Waals surface area contributed by atoms with E-state index in [1.165, 1.54) is 13.2 Å². The third kappa shape index (κ3) is 5.79. The van der Waals surface area contributed by atoms with Gasteiger partial charge in [-0.1, -0.05) is 24.1 Å². The number of methoxy groups -OCH3 is 1. The Hall–Kier alpha value is -2.93. The molecule has 0 atom stereocenters. The van der Waals surface area contributed by atoms with E-state index in [-0.39, 0.29) is 12.2 Å². The van der Waals surface area contributed by atoms with Crippen LogP contribution in [0.2, 0.25) is 0 Å². The van der Waals surface area contributed by atoms with Crippen molar-refractivity contribution in [2.24, 2.45) is 0 Å². The number of nitrogens with zero attached hydrogens (tertiary/aromatic N) is 2. The number of benzene rings is 1. The molecule has 2 aromatic rings. The monoisotopic (exact) mass is 398 g/mol. The maximum Gasteiger partial charge on any atom is 0.420 e. The maximum absolute atomic E-state index is 13.1. The van der Waals surface area contributed by atoms with Gasteiger partial charge in [-0.3, -0.25) is 4.79 Å². The highest BCUT2D eigenvalue weighted by atomic mass is 32.2. The van der Waals surface area contributed by atoms with Crippen LogP contribution in [0.15, 0.2) is 30.5 Å². The summed E-state index contributed by atoms with van der Waals surface area (Å²) in [6.07, 6.45) is -4.35. The van der Waals surface area contributed by atoms with Crippen LogP contribution in [0.3, 0.4) is 0 Å². The molecule has 0 aliphatic carbocycles. The fourth-order valence-electron chi connectivity index (χ4n) is 2.06. The van der Waals surface area contributed by atoms with E-state index >= 15 is 0 Å². The number of esters is 1. The number of carbonyl (C=O) groups is 1. The van der Waals surface area contributed by atoms with Gasteiger partial charge in [-0.2, -0.15) is 13.2 Å². The van der Waals surface area contributed by atoms with Gasteiger partial charge in [-0.15, -0.1) is 0 Å². The van der Waals surface area contributed by atoms with E-state index in [0.29, 0.717) is 17.3 Å². The van der Waals surface area contributed by atoms with Crippen molar-refractivity contribution in [3.05, 3.63) is 58.7 Å². The summed E-state index contributed by atoms with van der Waals surface area (Å²) in [4.78, 5) is 18.5. The molecule has 0 fully saturated rings. The lowest BCUT2D eigenvalue weighted by Gasteiger charge is -2.08. The molecule has 1 aromatic heterocycles. The van der Waals surface area contributed by atoms with Crippen molar-refractivity contribution in [2.45, 2.75) is 18.3 Å². The molecule has 0 radical (unpaired) electrons. The Morgan fingerprint density at radius 2 is 1.93 bits per heavy atom. The molecule has 142 valence electrons. The number of ether oxygens (including phenoxy) is 1. The van der Waals surface area contributed by atoms with Crippen LogP contribution in [-0.4, -0.2) is 31.5 Å². The average Bonchev–Trinajstić information content (AvgIpc) is 2.59. The van der Waals surface area contributed by atoms with Gasteiger partial charge in [0.05, 0.1) is 13.5 Å². The topological polar surface area (TPSA) is 86.2 Å². The Morgan fingerprint density at radius 1 is 1.22 bits per heavy atom. The number of thiol groups is 1. The van der Waals surface area contributed by atoms with Gasteiger partial charge >= 0.3 is 12.1 Å². The second-order valence-electron chi connectivity index (χ2n) is 5.20. The van der Waals surface area contributed by atoms with E-state index in [1.54, 1.807) is 18.2 Å². The van der Waals surface area contributed by atoms with Crippen molar-refractivity contribution in [3.8, 4) is 11.8 Å². The molecule has 0 amide bonds. The predicted molar refractivity (Wildman–Crippen MR) is 89.2 cm³/mol. The van der Waals surface area contributed by atoms with Crippen LogP contribution in [0.4, 0.5) is 13.2 Å². The molecule has 0 N–H and O–H groups in total. The third-order valence-electron chi connectivity index (χ3n) is 3.31. The number of hydrogen-bond donors (Lipinski definition) is 1. The van der Waals surface area contributed by atoms with Crippen molar-refractivity contribution < 1.29 is 31.1 Å². The van der Waals surface area contributed by atoms with Gasteiger partial charge in [0.2, 0.25) is 0 Å². The van der Waals surface area contributed by atoms with Crippen molar-refractivity contribution in [1.29, 1.82) is 0 Å². The number of carbonyl (C=O) groups excluding carboxylic acids is 1. The molecule has 27 heavy (non-hydrogen) atoms. The zero-order valence-electron chi connectivity index (χ0n) is 13.9. The molecule has 0 aliphatic heterocycles. The second-order valence-corrected chi connectivity index (χ2v) is 6.18. The Bertz CT molecular complexity index is 984. The summed E-state index contributed by atoms with van der Waals surface area (Å²) in [5.74, 6) is 3.46. The first-order valence-corrected chi connectivity index (χ1v) is 8.78. The minimum absolute atomic E-state index is 0.0981. The first-order chi connectivity index (χ1) is 12.7. The second kappa shape index (κ2) is 8.64. The SMILES string of the molecule is COC(=O)Cc1ccccc1C#Cc1nc(C[SH](=O)=O)ncc1C(F)(F)F. The van der Waals surface area contributed by atoms with Crippen LogP contribution in [-0.2, 0) is 38.6 Å². The summed E-state index contributed by atoms with van der Waals surface area (Å²) in [5, 5.41) is 0. The number of halogens is 3.